The highest BCUT2D eigenvalue weighted by atomic mass is 35.5. The highest BCUT2D eigenvalue weighted by Crippen LogP contribution is 2.27. The first-order valence-electron chi connectivity index (χ1n) is 9.11. The van der Waals surface area contributed by atoms with Crippen molar-refractivity contribution in [1.29, 1.82) is 0 Å². The molecule has 2 aliphatic heterocycles. The molecule has 2 aromatic rings. The number of aromatic nitrogens is 2. The number of urea groups is 1. The summed E-state index contributed by atoms with van der Waals surface area (Å²) in [6.07, 6.45) is 0.145. The van der Waals surface area contributed by atoms with Crippen molar-refractivity contribution in [3.05, 3.63) is 46.0 Å². The van der Waals surface area contributed by atoms with Crippen molar-refractivity contribution in [3.63, 3.8) is 0 Å². The van der Waals surface area contributed by atoms with Gasteiger partial charge in [0.15, 0.2) is 0 Å². The zero-order chi connectivity index (χ0) is 20.7. The fourth-order valence-electron chi connectivity index (χ4n) is 3.51. The largest absolute Gasteiger partial charge is 0.328 e. The second-order valence-corrected chi connectivity index (χ2v) is 7.36. The molecule has 1 unspecified atom stereocenters. The first kappa shape index (κ1) is 19.6. The van der Waals surface area contributed by atoms with Gasteiger partial charge in [-0.2, -0.15) is 5.10 Å². The second-order valence-electron chi connectivity index (χ2n) is 6.95. The van der Waals surface area contributed by atoms with E-state index in [1.54, 1.807) is 9.58 Å². The van der Waals surface area contributed by atoms with Crippen LogP contribution in [0.1, 0.15) is 21.7 Å². The molecule has 0 radical (unpaired) electrons. The fourth-order valence-corrected chi connectivity index (χ4v) is 3.69. The van der Waals surface area contributed by atoms with E-state index in [2.05, 4.69) is 10.4 Å². The Morgan fingerprint density at radius 2 is 2.28 bits per heavy atom. The van der Waals surface area contributed by atoms with Crippen molar-refractivity contribution < 1.29 is 18.8 Å². The Morgan fingerprint density at radius 3 is 3.00 bits per heavy atom. The molecule has 0 spiro atoms. The smallest absolute Gasteiger partial charge is 0.322 e. The minimum absolute atomic E-state index is 0.0752. The molecule has 1 aromatic carbocycles. The molecule has 3 N–H and O–H groups in total. The summed E-state index contributed by atoms with van der Waals surface area (Å²) in [6, 6.07) is 3.60. The number of hydrogen-bond donors (Lipinski definition) is 2. The molecule has 29 heavy (non-hydrogen) atoms. The van der Waals surface area contributed by atoms with Gasteiger partial charge in [-0.05, 0) is 18.2 Å². The molecule has 9 nitrogen and oxygen atoms in total. The van der Waals surface area contributed by atoms with Gasteiger partial charge in [0, 0.05) is 37.8 Å². The molecule has 0 saturated heterocycles. The van der Waals surface area contributed by atoms with Gasteiger partial charge in [0.05, 0.1) is 23.8 Å². The molecule has 4 rings (SSSR count). The number of amides is 3. The van der Waals surface area contributed by atoms with E-state index in [-0.39, 0.29) is 36.2 Å². The van der Waals surface area contributed by atoms with Crippen molar-refractivity contribution in [1.82, 2.24) is 19.7 Å². The fraction of sp³-hybridized carbons (Fsp3) is 0.389. The third kappa shape index (κ3) is 3.66. The minimum atomic E-state index is -0.560. The van der Waals surface area contributed by atoms with Crippen LogP contribution in [0.15, 0.2) is 18.2 Å². The zero-order valence-electron chi connectivity index (χ0n) is 15.7. The third-order valence-electron chi connectivity index (χ3n) is 4.99. The van der Waals surface area contributed by atoms with E-state index >= 15 is 0 Å². The summed E-state index contributed by atoms with van der Waals surface area (Å²) in [4.78, 5) is 32.6. The number of nitrogens with two attached hydrogens (primary N) is 1. The van der Waals surface area contributed by atoms with Gasteiger partial charge in [0.25, 0.3) is 5.91 Å². The Bertz CT molecular complexity index is 981. The maximum atomic E-state index is 13.3. The van der Waals surface area contributed by atoms with Crippen molar-refractivity contribution in [2.24, 2.45) is 5.73 Å². The SMILES string of the molecule is CN1OC(CN)Cn2nc3c(c2C1=O)CN(C(=O)Nc1ccc(F)c(Cl)c1)CC3. The van der Waals surface area contributed by atoms with Gasteiger partial charge < -0.3 is 16.0 Å². The van der Waals surface area contributed by atoms with Crippen molar-refractivity contribution in [3.8, 4) is 0 Å². The van der Waals surface area contributed by atoms with Crippen LogP contribution in [0.5, 0.6) is 0 Å². The summed E-state index contributed by atoms with van der Waals surface area (Å²) < 4.78 is 14.9. The lowest BCUT2D eigenvalue weighted by atomic mass is 10.1. The molecule has 0 bridgehead atoms. The normalized spacial score (nSPS) is 18.9. The standard InChI is InChI=1S/C18H20ClFN6O3/c1-24-17(27)16-12-9-25(18(28)22-10-2-3-14(20)13(19)6-10)5-4-15(12)23-26(16)8-11(7-21)29-24/h2-3,6,11H,4-5,7-9,21H2,1H3,(H,22,28). The van der Waals surface area contributed by atoms with E-state index in [9.17, 15) is 14.0 Å². The number of benzene rings is 1. The average Bonchev–Trinajstić information content (AvgIpc) is 3.00. The average molecular weight is 423 g/mol. The predicted octanol–water partition coefficient (Wildman–Crippen LogP) is 1.61. The number of hydroxylamine groups is 2. The maximum absolute atomic E-state index is 13.3. The van der Waals surface area contributed by atoms with E-state index in [1.807, 2.05) is 0 Å². The number of rotatable bonds is 2. The highest BCUT2D eigenvalue weighted by molar-refractivity contribution is 6.31. The molecule has 11 heteroatoms. The van der Waals surface area contributed by atoms with E-state index in [4.69, 9.17) is 22.2 Å². The topological polar surface area (TPSA) is 106 Å². The summed E-state index contributed by atoms with van der Waals surface area (Å²) in [5.74, 6) is -0.891. The maximum Gasteiger partial charge on any atom is 0.322 e. The summed E-state index contributed by atoms with van der Waals surface area (Å²) in [5.41, 5.74) is 7.99. The predicted molar refractivity (Wildman–Crippen MR) is 103 cm³/mol. The zero-order valence-corrected chi connectivity index (χ0v) is 16.4. The number of carbonyl (C=O) groups is 2. The number of fused-ring (bicyclic) bond motifs is 3. The molecule has 2 aliphatic rings. The molecular formula is C18H20ClFN6O3. The van der Waals surface area contributed by atoms with Crippen LogP contribution in [0.4, 0.5) is 14.9 Å². The molecule has 3 amide bonds. The Balaban J connectivity index is 1.57. The van der Waals surface area contributed by atoms with Crippen LogP contribution < -0.4 is 11.1 Å². The summed E-state index contributed by atoms with van der Waals surface area (Å²) in [7, 11) is 1.53. The lowest BCUT2D eigenvalue weighted by Gasteiger charge is -2.27. The van der Waals surface area contributed by atoms with Crippen LogP contribution in [0, 0.1) is 5.82 Å². The number of anilines is 1. The summed E-state index contributed by atoms with van der Waals surface area (Å²) >= 11 is 5.77. The van der Waals surface area contributed by atoms with E-state index in [0.29, 0.717) is 36.5 Å². The molecule has 1 aromatic heterocycles. The van der Waals surface area contributed by atoms with Gasteiger partial charge in [0.1, 0.15) is 17.6 Å². The van der Waals surface area contributed by atoms with Gasteiger partial charge in [0.2, 0.25) is 0 Å². The minimum Gasteiger partial charge on any atom is -0.328 e. The van der Waals surface area contributed by atoms with Crippen LogP contribution in [-0.2, 0) is 24.3 Å². The van der Waals surface area contributed by atoms with E-state index < -0.39 is 5.82 Å². The van der Waals surface area contributed by atoms with Gasteiger partial charge in [-0.25, -0.2) is 14.2 Å². The quantitative estimate of drug-likeness (QED) is 0.764. The lowest BCUT2D eigenvalue weighted by Crippen LogP contribution is -2.39. The van der Waals surface area contributed by atoms with Crippen molar-refractivity contribution in [2.75, 3.05) is 25.5 Å². The number of nitrogens with one attached hydrogen (secondary N) is 1. The summed E-state index contributed by atoms with van der Waals surface area (Å²) in [6.45, 7) is 1.26. The van der Waals surface area contributed by atoms with E-state index in [0.717, 1.165) is 10.8 Å². The molecular weight excluding hydrogens is 403 g/mol. The molecule has 0 saturated carbocycles. The molecule has 0 fully saturated rings. The van der Waals surface area contributed by atoms with Gasteiger partial charge in [-0.15, -0.1) is 0 Å². The van der Waals surface area contributed by atoms with Crippen LogP contribution in [0.2, 0.25) is 5.02 Å². The Kier molecular flexibility index (Phi) is 5.15. The number of carbonyl (C=O) groups excluding carboxylic acids is 2. The van der Waals surface area contributed by atoms with Gasteiger partial charge in [-0.3, -0.25) is 14.3 Å². The number of nitrogens with zero attached hydrogens (tertiary/aromatic N) is 4. The number of hydrogen-bond acceptors (Lipinski definition) is 5. The van der Waals surface area contributed by atoms with Crippen LogP contribution in [0.3, 0.4) is 0 Å². The van der Waals surface area contributed by atoms with Crippen molar-refractivity contribution in [2.45, 2.75) is 25.6 Å². The lowest BCUT2D eigenvalue weighted by molar-refractivity contribution is -0.144. The second kappa shape index (κ2) is 7.62. The molecule has 1 atom stereocenters. The van der Waals surface area contributed by atoms with Crippen molar-refractivity contribution >= 4 is 29.2 Å². The van der Waals surface area contributed by atoms with Crippen LogP contribution >= 0.6 is 11.6 Å². The van der Waals surface area contributed by atoms with Gasteiger partial charge in [-0.1, -0.05) is 11.6 Å². The summed E-state index contributed by atoms with van der Waals surface area (Å²) in [5, 5.41) is 8.34. The monoisotopic (exact) mass is 422 g/mol. The Labute approximate surface area is 171 Å². The first-order chi connectivity index (χ1) is 13.9. The Morgan fingerprint density at radius 1 is 1.48 bits per heavy atom. The first-order valence-corrected chi connectivity index (χ1v) is 9.49. The van der Waals surface area contributed by atoms with Crippen LogP contribution in [0.25, 0.3) is 0 Å². The third-order valence-corrected chi connectivity index (χ3v) is 5.28. The number of halogens is 2. The molecule has 154 valence electrons. The van der Waals surface area contributed by atoms with Crippen LogP contribution in [-0.4, -0.2) is 57.9 Å². The molecule has 3 heterocycles. The van der Waals surface area contributed by atoms with E-state index in [1.165, 1.54) is 25.2 Å². The van der Waals surface area contributed by atoms with Gasteiger partial charge >= 0.3 is 6.03 Å². The highest BCUT2D eigenvalue weighted by Gasteiger charge is 2.35. The Hall–Kier alpha value is -2.69. The molecule has 0 aliphatic carbocycles.